The molecule has 0 heterocycles. The molecule has 0 aromatic rings. The zero-order chi connectivity index (χ0) is 11.4. The minimum Gasteiger partial charge on any atom is -0.458 e. The van der Waals surface area contributed by atoms with E-state index in [1.807, 2.05) is 0 Å². The van der Waals surface area contributed by atoms with Gasteiger partial charge in [0.05, 0.1) is 0 Å². The van der Waals surface area contributed by atoms with Crippen LogP contribution in [0.3, 0.4) is 0 Å². The van der Waals surface area contributed by atoms with Gasteiger partial charge in [-0.1, -0.05) is 18.2 Å². The highest BCUT2D eigenvalue weighted by atomic mass is 35.5. The standard InChI is InChI=1S/C6H10ClO6P/c1-4(2)6(8)12-3-5(7)13-14(9,10)11/h5H,1,3H2,2H3,(H2,9,10,11). The van der Waals surface area contributed by atoms with Crippen LogP contribution in [0.5, 0.6) is 0 Å². The fourth-order valence-corrected chi connectivity index (χ4v) is 1.18. The second-order valence-corrected chi connectivity index (χ2v) is 4.06. The monoisotopic (exact) mass is 244 g/mol. The molecule has 82 valence electrons. The van der Waals surface area contributed by atoms with Crippen molar-refractivity contribution in [1.29, 1.82) is 0 Å². The van der Waals surface area contributed by atoms with Gasteiger partial charge in [-0.15, -0.1) is 0 Å². The number of hydrogen-bond acceptors (Lipinski definition) is 4. The van der Waals surface area contributed by atoms with Crippen molar-refractivity contribution >= 4 is 25.4 Å². The van der Waals surface area contributed by atoms with Gasteiger partial charge in [0.15, 0.2) is 5.56 Å². The second-order valence-electron chi connectivity index (χ2n) is 2.38. The minimum absolute atomic E-state index is 0.157. The van der Waals surface area contributed by atoms with Gasteiger partial charge >= 0.3 is 13.8 Å². The molecule has 0 aromatic heterocycles. The van der Waals surface area contributed by atoms with Crippen molar-refractivity contribution < 1.29 is 28.4 Å². The number of esters is 1. The van der Waals surface area contributed by atoms with Crippen LogP contribution in [0.15, 0.2) is 12.2 Å². The van der Waals surface area contributed by atoms with Gasteiger partial charge in [0.2, 0.25) is 0 Å². The molecule has 1 unspecified atom stereocenters. The van der Waals surface area contributed by atoms with E-state index in [1.54, 1.807) is 0 Å². The number of halogens is 1. The SMILES string of the molecule is C=C(C)C(=O)OCC(Cl)OP(=O)(O)O. The first-order valence-corrected chi connectivity index (χ1v) is 5.39. The predicted octanol–water partition coefficient (Wildman–Crippen LogP) is 0.780. The summed E-state index contributed by atoms with van der Waals surface area (Å²) in [6, 6.07) is 0. The Bertz CT molecular complexity index is 271. The molecule has 0 rings (SSSR count). The van der Waals surface area contributed by atoms with Crippen molar-refractivity contribution in [2.75, 3.05) is 6.61 Å². The normalized spacial score (nSPS) is 13.4. The molecule has 0 radical (unpaired) electrons. The summed E-state index contributed by atoms with van der Waals surface area (Å²) in [5.74, 6) is -0.704. The molecule has 14 heavy (non-hydrogen) atoms. The molecule has 2 N–H and O–H groups in total. The van der Waals surface area contributed by atoms with Crippen LogP contribution < -0.4 is 0 Å². The molecule has 0 bridgehead atoms. The lowest BCUT2D eigenvalue weighted by Gasteiger charge is -2.11. The van der Waals surface area contributed by atoms with Crippen molar-refractivity contribution in [2.45, 2.75) is 12.5 Å². The van der Waals surface area contributed by atoms with Crippen molar-refractivity contribution in [3.8, 4) is 0 Å². The van der Waals surface area contributed by atoms with Crippen LogP contribution in [0.2, 0.25) is 0 Å². The minimum atomic E-state index is -4.65. The van der Waals surface area contributed by atoms with Crippen LogP contribution in [-0.4, -0.2) is 27.9 Å². The highest BCUT2D eigenvalue weighted by molar-refractivity contribution is 7.46. The van der Waals surface area contributed by atoms with Crippen LogP contribution in [0.25, 0.3) is 0 Å². The maximum atomic E-state index is 10.8. The van der Waals surface area contributed by atoms with Crippen molar-refractivity contribution in [3.05, 3.63) is 12.2 Å². The molecule has 0 aliphatic heterocycles. The first-order chi connectivity index (χ1) is 6.22. The van der Waals surface area contributed by atoms with E-state index in [1.165, 1.54) is 6.92 Å². The summed E-state index contributed by atoms with van der Waals surface area (Å²) in [6.07, 6.45) is 0. The van der Waals surface area contributed by atoms with Crippen molar-refractivity contribution in [3.63, 3.8) is 0 Å². The van der Waals surface area contributed by atoms with E-state index in [2.05, 4.69) is 15.8 Å². The van der Waals surface area contributed by atoms with Gasteiger partial charge in [0.25, 0.3) is 0 Å². The number of hydrogen-bond donors (Lipinski definition) is 2. The van der Waals surface area contributed by atoms with E-state index >= 15 is 0 Å². The lowest BCUT2D eigenvalue weighted by atomic mass is 10.4. The Labute approximate surface area is 85.7 Å². The molecule has 0 amide bonds. The topological polar surface area (TPSA) is 93.1 Å². The summed E-state index contributed by atoms with van der Waals surface area (Å²) >= 11 is 5.29. The maximum absolute atomic E-state index is 10.8. The smallest absolute Gasteiger partial charge is 0.458 e. The Morgan fingerprint density at radius 1 is 1.64 bits per heavy atom. The average Bonchev–Trinajstić information content (AvgIpc) is 1.96. The highest BCUT2D eigenvalue weighted by Crippen LogP contribution is 2.38. The summed E-state index contributed by atoms with van der Waals surface area (Å²) in [5.41, 5.74) is -1.23. The van der Waals surface area contributed by atoms with Crippen LogP contribution in [-0.2, 0) is 18.6 Å². The molecule has 6 nitrogen and oxygen atoms in total. The van der Waals surface area contributed by atoms with Gasteiger partial charge in [-0.25, -0.2) is 9.36 Å². The van der Waals surface area contributed by atoms with E-state index in [0.29, 0.717) is 0 Å². The Balaban J connectivity index is 3.86. The fourth-order valence-electron chi connectivity index (χ4n) is 0.444. The molecule has 0 aromatic carbocycles. The molecule has 0 aliphatic rings. The zero-order valence-electron chi connectivity index (χ0n) is 7.34. The zero-order valence-corrected chi connectivity index (χ0v) is 8.99. The van der Waals surface area contributed by atoms with Crippen LogP contribution in [0.4, 0.5) is 0 Å². The van der Waals surface area contributed by atoms with E-state index < -0.39 is 26.0 Å². The first-order valence-electron chi connectivity index (χ1n) is 3.43. The summed E-state index contributed by atoms with van der Waals surface area (Å²) < 4.78 is 18.7. The van der Waals surface area contributed by atoms with Gasteiger partial charge in [0.1, 0.15) is 6.61 Å². The third-order valence-electron chi connectivity index (χ3n) is 0.946. The molecule has 0 saturated heterocycles. The Morgan fingerprint density at radius 2 is 2.14 bits per heavy atom. The van der Waals surface area contributed by atoms with Gasteiger partial charge in [-0.05, 0) is 6.92 Å². The lowest BCUT2D eigenvalue weighted by Crippen LogP contribution is -2.16. The van der Waals surface area contributed by atoms with Crippen LogP contribution in [0.1, 0.15) is 6.92 Å². The van der Waals surface area contributed by atoms with Crippen LogP contribution in [0, 0.1) is 0 Å². The van der Waals surface area contributed by atoms with E-state index in [9.17, 15) is 9.36 Å². The number of phosphoric ester groups is 1. The first kappa shape index (κ1) is 13.6. The summed E-state index contributed by atoms with van der Waals surface area (Å²) in [4.78, 5) is 27.4. The molecule has 0 aliphatic carbocycles. The molecular weight excluding hydrogens is 234 g/mol. The van der Waals surface area contributed by atoms with Crippen molar-refractivity contribution in [2.24, 2.45) is 0 Å². The molecule has 0 fully saturated rings. The lowest BCUT2D eigenvalue weighted by molar-refractivity contribution is -0.140. The molecule has 0 spiro atoms. The third kappa shape index (κ3) is 7.06. The Hall–Kier alpha value is -0.390. The number of carbonyl (C=O) groups excluding carboxylic acids is 1. The number of ether oxygens (including phenoxy) is 1. The Kier molecular flexibility index (Phi) is 5.33. The average molecular weight is 245 g/mol. The van der Waals surface area contributed by atoms with E-state index in [0.717, 1.165) is 0 Å². The summed E-state index contributed by atoms with van der Waals surface area (Å²) in [7, 11) is -4.65. The third-order valence-corrected chi connectivity index (χ3v) is 1.81. The molecular formula is C6H10ClO6P. The highest BCUT2D eigenvalue weighted by Gasteiger charge is 2.21. The van der Waals surface area contributed by atoms with Gasteiger partial charge in [0, 0.05) is 5.57 Å². The van der Waals surface area contributed by atoms with Crippen LogP contribution >= 0.6 is 19.4 Å². The number of phosphoric acid groups is 1. The largest absolute Gasteiger partial charge is 0.471 e. The quantitative estimate of drug-likeness (QED) is 0.321. The summed E-state index contributed by atoms with van der Waals surface area (Å²) in [5, 5.41) is 0. The fraction of sp³-hybridized carbons (Fsp3) is 0.500. The maximum Gasteiger partial charge on any atom is 0.471 e. The number of carbonyl (C=O) groups is 1. The second kappa shape index (κ2) is 5.48. The van der Waals surface area contributed by atoms with E-state index in [4.69, 9.17) is 21.4 Å². The Morgan fingerprint density at radius 3 is 2.50 bits per heavy atom. The predicted molar refractivity (Wildman–Crippen MR) is 48.5 cm³/mol. The van der Waals surface area contributed by atoms with Gasteiger partial charge < -0.3 is 14.5 Å². The van der Waals surface area contributed by atoms with Gasteiger partial charge in [-0.3, -0.25) is 4.52 Å². The summed E-state index contributed by atoms with van der Waals surface area (Å²) in [6.45, 7) is 4.26. The molecule has 8 heteroatoms. The van der Waals surface area contributed by atoms with Gasteiger partial charge in [-0.2, -0.15) is 0 Å². The molecule has 1 atom stereocenters. The van der Waals surface area contributed by atoms with E-state index in [-0.39, 0.29) is 5.57 Å². The molecule has 0 saturated carbocycles. The number of alkyl halides is 1. The van der Waals surface area contributed by atoms with Crippen molar-refractivity contribution in [1.82, 2.24) is 0 Å². The number of rotatable bonds is 5.